The summed E-state index contributed by atoms with van der Waals surface area (Å²) in [5, 5.41) is 11.3. The van der Waals surface area contributed by atoms with Gasteiger partial charge in [0.2, 0.25) is 11.8 Å². The number of hydrogen-bond acceptors (Lipinski definition) is 8. The molecule has 0 radical (unpaired) electrons. The number of rotatable bonds is 15. The number of likely N-dealkylation sites (tertiary alicyclic amines) is 1. The molecular weight excluding hydrogens is 558 g/mol. The molecule has 0 spiro atoms. The zero-order chi connectivity index (χ0) is 32.8. The molecule has 10 heteroatoms. The molecule has 44 heavy (non-hydrogen) atoms. The predicted molar refractivity (Wildman–Crippen MR) is 175 cm³/mol. The first-order chi connectivity index (χ1) is 20.5. The third-order valence-corrected chi connectivity index (χ3v) is 9.23. The number of imide groups is 1. The van der Waals surface area contributed by atoms with Gasteiger partial charge in [-0.15, -0.1) is 0 Å². The lowest BCUT2D eigenvalue weighted by molar-refractivity contribution is -0.141. The number of nitrogens with zero attached hydrogens (tertiary/aromatic N) is 2. The fourth-order valence-corrected chi connectivity index (χ4v) is 7.83. The summed E-state index contributed by atoms with van der Waals surface area (Å²) >= 11 is 0. The van der Waals surface area contributed by atoms with E-state index >= 15 is 0 Å². The molecule has 0 bridgehead atoms. The number of carbonyl (C=O) groups is 3. The fourth-order valence-electron chi connectivity index (χ4n) is 7.83. The van der Waals surface area contributed by atoms with E-state index in [1.54, 1.807) is 0 Å². The first-order valence-corrected chi connectivity index (χ1v) is 17.2. The van der Waals surface area contributed by atoms with Crippen LogP contribution in [0.15, 0.2) is 0 Å². The summed E-state index contributed by atoms with van der Waals surface area (Å²) in [4.78, 5) is 41.7. The molecule has 3 N–H and O–H groups in total. The van der Waals surface area contributed by atoms with Gasteiger partial charge in [-0.1, -0.05) is 26.7 Å². The van der Waals surface area contributed by atoms with Crippen LogP contribution in [0.25, 0.3) is 0 Å². The normalized spacial score (nSPS) is 27.4. The van der Waals surface area contributed by atoms with Crippen LogP contribution in [0.1, 0.15) is 127 Å². The molecule has 0 aliphatic carbocycles. The lowest BCUT2D eigenvalue weighted by atomic mass is 9.78. The number of nitrogens with one attached hydrogen (secondary N) is 3. The third-order valence-electron chi connectivity index (χ3n) is 9.23. The molecule has 0 aromatic heterocycles. The standard InChI is InChI=1S/C34H63N5O5/c1-10-12-16-38(30(42)43-17-13-11-2)26-20-33(7,8)37-34(9,21-26)24-44-27(23-39-28(40)14-15-29(39)41)22-35-25-18-31(3,4)36-32(5,6)19-25/h25-27,35-37H,10-24H2,1-9H3. The van der Waals surface area contributed by atoms with Gasteiger partial charge in [0.05, 0.1) is 25.9 Å². The highest BCUT2D eigenvalue weighted by molar-refractivity contribution is 6.01. The average molecular weight is 622 g/mol. The highest BCUT2D eigenvalue weighted by Gasteiger charge is 2.45. The topological polar surface area (TPSA) is 112 Å². The molecule has 3 unspecified atom stereocenters. The number of carbonyl (C=O) groups excluding carboxylic acids is 3. The summed E-state index contributed by atoms with van der Waals surface area (Å²) < 4.78 is 12.4. The second-order valence-electron chi connectivity index (χ2n) is 15.9. The predicted octanol–water partition coefficient (Wildman–Crippen LogP) is 4.75. The maximum Gasteiger partial charge on any atom is 0.410 e. The van der Waals surface area contributed by atoms with Gasteiger partial charge in [0.25, 0.3) is 0 Å². The van der Waals surface area contributed by atoms with Gasteiger partial charge < -0.3 is 30.3 Å². The van der Waals surface area contributed by atoms with E-state index in [9.17, 15) is 14.4 Å². The molecule has 3 heterocycles. The van der Waals surface area contributed by atoms with Gasteiger partial charge in [-0.05, 0) is 87.0 Å². The lowest BCUT2D eigenvalue weighted by Crippen LogP contribution is -2.66. The Morgan fingerprint density at radius 1 is 0.909 bits per heavy atom. The Labute approximate surface area is 267 Å². The Balaban J connectivity index is 1.74. The SMILES string of the molecule is CCCCOC(=O)N(CCCC)C1CC(C)(C)NC(C)(COC(CNC2CC(C)(C)NC(C)(C)C2)CN2C(=O)CCC2=O)C1. The van der Waals surface area contributed by atoms with Crippen molar-refractivity contribution in [1.82, 2.24) is 25.8 Å². The molecule has 10 nitrogen and oxygen atoms in total. The smallest absolute Gasteiger partial charge is 0.410 e. The number of amides is 3. The molecule has 254 valence electrons. The molecule has 3 atom stereocenters. The van der Waals surface area contributed by atoms with Crippen LogP contribution in [0.4, 0.5) is 4.79 Å². The lowest BCUT2D eigenvalue weighted by Gasteiger charge is -2.50. The number of ether oxygens (including phenoxy) is 2. The second kappa shape index (κ2) is 15.2. The van der Waals surface area contributed by atoms with E-state index in [0.29, 0.717) is 26.3 Å². The van der Waals surface area contributed by atoms with Crippen LogP contribution >= 0.6 is 0 Å². The van der Waals surface area contributed by atoms with Gasteiger partial charge >= 0.3 is 6.09 Å². The quantitative estimate of drug-likeness (QED) is 0.178. The molecular formula is C34H63N5O5. The zero-order valence-corrected chi connectivity index (χ0v) is 29.3. The summed E-state index contributed by atoms with van der Waals surface area (Å²) in [7, 11) is 0. The summed E-state index contributed by atoms with van der Waals surface area (Å²) in [5.74, 6) is -0.242. The Bertz CT molecular complexity index is 953. The minimum absolute atomic E-state index is 0.00190. The van der Waals surface area contributed by atoms with Crippen LogP contribution in [0.3, 0.4) is 0 Å². The van der Waals surface area contributed by atoms with Gasteiger partial charge in [-0.3, -0.25) is 14.5 Å². The van der Waals surface area contributed by atoms with Crippen molar-refractivity contribution in [1.29, 1.82) is 0 Å². The Hall–Kier alpha value is -1.75. The van der Waals surface area contributed by atoms with E-state index in [1.165, 1.54) is 4.90 Å². The largest absolute Gasteiger partial charge is 0.449 e. The molecule has 3 amide bonds. The van der Waals surface area contributed by atoms with Crippen molar-refractivity contribution in [3.8, 4) is 0 Å². The average Bonchev–Trinajstić information content (AvgIpc) is 3.19. The summed E-state index contributed by atoms with van der Waals surface area (Å²) in [6, 6.07) is 0.299. The van der Waals surface area contributed by atoms with Crippen LogP contribution in [0, 0.1) is 0 Å². The summed E-state index contributed by atoms with van der Waals surface area (Å²) in [6.45, 7) is 22.0. The molecule has 3 rings (SSSR count). The molecule has 3 aliphatic rings. The van der Waals surface area contributed by atoms with E-state index in [-0.39, 0.29) is 72.1 Å². The summed E-state index contributed by atoms with van der Waals surface area (Å²) in [5.41, 5.74) is -0.650. The first kappa shape index (κ1) is 36.7. The Kier molecular flexibility index (Phi) is 12.7. The first-order valence-electron chi connectivity index (χ1n) is 17.2. The highest BCUT2D eigenvalue weighted by atomic mass is 16.6. The van der Waals surface area contributed by atoms with Gasteiger partial charge in [0, 0.05) is 60.2 Å². The van der Waals surface area contributed by atoms with Gasteiger partial charge in [0.1, 0.15) is 0 Å². The molecule has 3 aliphatic heterocycles. The molecule has 3 fully saturated rings. The van der Waals surface area contributed by atoms with E-state index < -0.39 is 5.54 Å². The molecule has 0 aromatic rings. The Morgan fingerprint density at radius 2 is 1.50 bits per heavy atom. The highest BCUT2D eigenvalue weighted by Crippen LogP contribution is 2.33. The van der Waals surface area contributed by atoms with Crippen LogP contribution in [-0.4, -0.2) is 101 Å². The third kappa shape index (κ3) is 11.0. The van der Waals surface area contributed by atoms with Crippen molar-refractivity contribution in [2.45, 2.75) is 167 Å². The van der Waals surface area contributed by atoms with Gasteiger partial charge in [0.15, 0.2) is 0 Å². The van der Waals surface area contributed by atoms with Crippen molar-refractivity contribution < 1.29 is 23.9 Å². The van der Waals surface area contributed by atoms with E-state index in [2.05, 4.69) is 78.3 Å². The summed E-state index contributed by atoms with van der Waals surface area (Å²) in [6.07, 6.45) is 7.23. The van der Waals surface area contributed by atoms with E-state index in [4.69, 9.17) is 9.47 Å². The van der Waals surface area contributed by atoms with Gasteiger partial charge in [-0.25, -0.2) is 4.79 Å². The van der Waals surface area contributed by atoms with E-state index in [1.807, 2.05) is 4.90 Å². The maximum atomic E-state index is 13.3. The van der Waals surface area contributed by atoms with Crippen molar-refractivity contribution in [2.75, 3.05) is 32.8 Å². The van der Waals surface area contributed by atoms with Crippen LogP contribution in [0.5, 0.6) is 0 Å². The van der Waals surface area contributed by atoms with Crippen LogP contribution in [-0.2, 0) is 19.1 Å². The minimum Gasteiger partial charge on any atom is -0.449 e. The second-order valence-corrected chi connectivity index (χ2v) is 15.9. The van der Waals surface area contributed by atoms with Crippen molar-refractivity contribution >= 4 is 17.9 Å². The van der Waals surface area contributed by atoms with E-state index in [0.717, 1.165) is 51.4 Å². The number of unbranched alkanes of at least 4 members (excludes halogenated alkanes) is 2. The van der Waals surface area contributed by atoms with Crippen molar-refractivity contribution in [2.24, 2.45) is 0 Å². The maximum absolute atomic E-state index is 13.3. The Morgan fingerprint density at radius 3 is 2.09 bits per heavy atom. The fraction of sp³-hybridized carbons (Fsp3) is 0.912. The zero-order valence-electron chi connectivity index (χ0n) is 29.3. The van der Waals surface area contributed by atoms with Crippen molar-refractivity contribution in [3.05, 3.63) is 0 Å². The van der Waals surface area contributed by atoms with Gasteiger partial charge in [-0.2, -0.15) is 0 Å². The number of hydrogen-bond donors (Lipinski definition) is 3. The minimum atomic E-state index is -0.420. The monoisotopic (exact) mass is 621 g/mol. The van der Waals surface area contributed by atoms with Crippen LogP contribution < -0.4 is 16.0 Å². The molecule has 0 aromatic carbocycles. The molecule has 3 saturated heterocycles. The van der Waals surface area contributed by atoms with Crippen LogP contribution in [0.2, 0.25) is 0 Å². The molecule has 0 saturated carbocycles. The number of piperidine rings is 2. The van der Waals surface area contributed by atoms with Crippen molar-refractivity contribution in [3.63, 3.8) is 0 Å².